The van der Waals surface area contributed by atoms with E-state index in [1.54, 1.807) is 6.07 Å². The van der Waals surface area contributed by atoms with Crippen molar-refractivity contribution >= 4 is 17.6 Å². The zero-order valence-electron chi connectivity index (χ0n) is 9.73. The van der Waals surface area contributed by atoms with Gasteiger partial charge in [0.25, 0.3) is 0 Å². The number of benzene rings is 1. The average Bonchev–Trinajstić information content (AvgIpc) is 2.19. The quantitative estimate of drug-likeness (QED) is 0.724. The first-order valence-corrected chi connectivity index (χ1v) is 5.18. The molecule has 0 spiro atoms. The van der Waals surface area contributed by atoms with Crippen LogP contribution in [0.1, 0.15) is 17.5 Å². The maximum absolute atomic E-state index is 10.9. The Labute approximate surface area is 99.1 Å². The third-order valence-electron chi connectivity index (χ3n) is 2.39. The Morgan fingerprint density at radius 3 is 2.41 bits per heavy atom. The molecule has 5 heteroatoms. The molecule has 1 aromatic rings. The number of nitrogens with one attached hydrogen (secondary N) is 1. The molecule has 0 radical (unpaired) electrons. The highest BCUT2D eigenvalue weighted by Gasteiger charge is 2.21. The standard InChI is InChI=1S/C12H15NO4/c1-7-3-4-9(8(2)5-7)13-10(12(16)17)6-11(14)15/h3-5,10,13H,6H2,1-2H3,(H,14,15)(H,16,17). The monoisotopic (exact) mass is 237 g/mol. The van der Waals surface area contributed by atoms with Crippen molar-refractivity contribution in [3.63, 3.8) is 0 Å². The number of carboxylic acids is 2. The summed E-state index contributed by atoms with van der Waals surface area (Å²) >= 11 is 0. The zero-order chi connectivity index (χ0) is 13.0. The summed E-state index contributed by atoms with van der Waals surface area (Å²) in [7, 11) is 0. The van der Waals surface area contributed by atoms with Crippen LogP contribution in [0.5, 0.6) is 0 Å². The second kappa shape index (κ2) is 5.34. The molecule has 0 fully saturated rings. The lowest BCUT2D eigenvalue weighted by Gasteiger charge is -2.16. The molecule has 0 saturated carbocycles. The number of rotatable bonds is 5. The van der Waals surface area contributed by atoms with Gasteiger partial charge in [-0.3, -0.25) is 4.79 Å². The van der Waals surface area contributed by atoms with Crippen LogP contribution in [0.2, 0.25) is 0 Å². The van der Waals surface area contributed by atoms with Gasteiger partial charge in [-0.25, -0.2) is 4.79 Å². The van der Waals surface area contributed by atoms with Crippen LogP contribution in [0, 0.1) is 13.8 Å². The lowest BCUT2D eigenvalue weighted by Crippen LogP contribution is -2.32. The molecule has 1 atom stereocenters. The fraction of sp³-hybridized carbons (Fsp3) is 0.333. The van der Waals surface area contributed by atoms with E-state index < -0.39 is 24.4 Å². The predicted octanol–water partition coefficient (Wildman–Crippen LogP) is 1.64. The van der Waals surface area contributed by atoms with Gasteiger partial charge in [-0.2, -0.15) is 0 Å². The fourth-order valence-electron chi connectivity index (χ4n) is 1.54. The lowest BCUT2D eigenvalue weighted by molar-refractivity contribution is -0.144. The smallest absolute Gasteiger partial charge is 0.326 e. The van der Waals surface area contributed by atoms with Gasteiger partial charge in [-0.15, -0.1) is 0 Å². The van der Waals surface area contributed by atoms with Crippen molar-refractivity contribution in [2.45, 2.75) is 26.3 Å². The van der Waals surface area contributed by atoms with Gasteiger partial charge in [0.1, 0.15) is 6.04 Å². The molecule has 0 aliphatic carbocycles. The molecule has 0 amide bonds. The largest absolute Gasteiger partial charge is 0.481 e. The van der Waals surface area contributed by atoms with E-state index in [2.05, 4.69) is 5.32 Å². The van der Waals surface area contributed by atoms with Gasteiger partial charge < -0.3 is 15.5 Å². The second-order valence-corrected chi connectivity index (χ2v) is 3.95. The molecule has 17 heavy (non-hydrogen) atoms. The first kappa shape index (κ1) is 13.0. The Hall–Kier alpha value is -2.04. The van der Waals surface area contributed by atoms with E-state index in [0.717, 1.165) is 11.1 Å². The molecule has 5 nitrogen and oxygen atoms in total. The summed E-state index contributed by atoms with van der Waals surface area (Å²) in [6.07, 6.45) is -0.456. The Morgan fingerprint density at radius 2 is 1.94 bits per heavy atom. The van der Waals surface area contributed by atoms with Crippen molar-refractivity contribution in [2.75, 3.05) is 5.32 Å². The summed E-state index contributed by atoms with van der Waals surface area (Å²) in [6.45, 7) is 3.78. The minimum atomic E-state index is -1.17. The number of anilines is 1. The third-order valence-corrected chi connectivity index (χ3v) is 2.39. The van der Waals surface area contributed by atoms with E-state index in [-0.39, 0.29) is 0 Å². The molecule has 0 saturated heterocycles. The molecule has 0 aliphatic rings. The molecular weight excluding hydrogens is 222 g/mol. The maximum Gasteiger partial charge on any atom is 0.326 e. The van der Waals surface area contributed by atoms with Crippen LogP contribution in [0.4, 0.5) is 5.69 Å². The zero-order valence-corrected chi connectivity index (χ0v) is 9.73. The number of carboxylic acid groups (broad SMARTS) is 2. The van der Waals surface area contributed by atoms with Crippen molar-refractivity contribution in [1.82, 2.24) is 0 Å². The first-order chi connectivity index (χ1) is 7.90. The maximum atomic E-state index is 10.9. The van der Waals surface area contributed by atoms with Crippen LogP contribution in [-0.4, -0.2) is 28.2 Å². The van der Waals surface area contributed by atoms with Gasteiger partial charge in [0.05, 0.1) is 6.42 Å². The number of hydrogen-bond donors (Lipinski definition) is 3. The molecule has 92 valence electrons. The van der Waals surface area contributed by atoms with Crippen LogP contribution in [0.3, 0.4) is 0 Å². The number of aliphatic carboxylic acids is 2. The van der Waals surface area contributed by atoms with E-state index in [0.29, 0.717) is 5.69 Å². The van der Waals surface area contributed by atoms with E-state index in [4.69, 9.17) is 10.2 Å². The Bertz CT molecular complexity index is 442. The van der Waals surface area contributed by atoms with E-state index in [1.807, 2.05) is 26.0 Å². The highest BCUT2D eigenvalue weighted by atomic mass is 16.4. The van der Waals surface area contributed by atoms with Crippen molar-refractivity contribution in [3.8, 4) is 0 Å². The molecule has 0 aliphatic heterocycles. The van der Waals surface area contributed by atoms with Gasteiger partial charge >= 0.3 is 11.9 Å². The number of hydrogen-bond acceptors (Lipinski definition) is 3. The van der Waals surface area contributed by atoms with Crippen molar-refractivity contribution in [1.29, 1.82) is 0 Å². The van der Waals surface area contributed by atoms with Crippen molar-refractivity contribution in [2.24, 2.45) is 0 Å². The molecule has 1 unspecified atom stereocenters. The first-order valence-electron chi connectivity index (χ1n) is 5.18. The number of aryl methyl sites for hydroxylation is 2. The van der Waals surface area contributed by atoms with Gasteiger partial charge in [0, 0.05) is 5.69 Å². The van der Waals surface area contributed by atoms with Crippen LogP contribution < -0.4 is 5.32 Å². The summed E-state index contributed by atoms with van der Waals surface area (Å²) in [6, 6.07) is 4.38. The van der Waals surface area contributed by atoms with Crippen LogP contribution in [0.25, 0.3) is 0 Å². The highest BCUT2D eigenvalue weighted by Crippen LogP contribution is 2.17. The van der Waals surface area contributed by atoms with Crippen molar-refractivity contribution in [3.05, 3.63) is 29.3 Å². The van der Waals surface area contributed by atoms with E-state index in [9.17, 15) is 9.59 Å². The normalized spacial score (nSPS) is 11.9. The molecular formula is C12H15NO4. The Morgan fingerprint density at radius 1 is 1.29 bits per heavy atom. The SMILES string of the molecule is Cc1ccc(NC(CC(=O)O)C(=O)O)c(C)c1. The fourth-order valence-corrected chi connectivity index (χ4v) is 1.54. The molecule has 1 rings (SSSR count). The summed E-state index contributed by atoms with van der Waals surface area (Å²) < 4.78 is 0. The summed E-state index contributed by atoms with van der Waals surface area (Å²) in [5.41, 5.74) is 2.60. The predicted molar refractivity (Wildman–Crippen MR) is 63.2 cm³/mol. The third kappa shape index (κ3) is 3.79. The second-order valence-electron chi connectivity index (χ2n) is 3.95. The Balaban J connectivity index is 2.86. The molecule has 1 aromatic carbocycles. The summed E-state index contributed by atoms with van der Waals surface area (Å²) in [4.78, 5) is 21.4. The van der Waals surface area contributed by atoms with Gasteiger partial charge in [0.15, 0.2) is 0 Å². The lowest BCUT2D eigenvalue weighted by atomic mass is 10.1. The molecule has 0 heterocycles. The van der Waals surface area contributed by atoms with Crippen molar-refractivity contribution < 1.29 is 19.8 Å². The summed E-state index contributed by atoms with van der Waals surface area (Å²) in [5, 5.41) is 20.2. The molecule has 0 aromatic heterocycles. The summed E-state index contributed by atoms with van der Waals surface area (Å²) in [5.74, 6) is -2.32. The average molecular weight is 237 g/mol. The van der Waals surface area contributed by atoms with Crippen LogP contribution >= 0.6 is 0 Å². The number of carbonyl (C=O) groups is 2. The van der Waals surface area contributed by atoms with E-state index in [1.165, 1.54) is 0 Å². The topological polar surface area (TPSA) is 86.6 Å². The van der Waals surface area contributed by atoms with Gasteiger partial charge in [-0.05, 0) is 25.5 Å². The molecule has 3 N–H and O–H groups in total. The minimum absolute atomic E-state index is 0.456. The van der Waals surface area contributed by atoms with Gasteiger partial charge in [-0.1, -0.05) is 17.7 Å². The van der Waals surface area contributed by atoms with Gasteiger partial charge in [0.2, 0.25) is 0 Å². The van der Waals surface area contributed by atoms with Crippen LogP contribution in [0.15, 0.2) is 18.2 Å². The minimum Gasteiger partial charge on any atom is -0.481 e. The molecule has 0 bridgehead atoms. The highest BCUT2D eigenvalue weighted by molar-refractivity contribution is 5.83. The van der Waals surface area contributed by atoms with E-state index >= 15 is 0 Å². The van der Waals surface area contributed by atoms with Crippen LogP contribution in [-0.2, 0) is 9.59 Å². The Kier molecular flexibility index (Phi) is 4.09.